The van der Waals surface area contributed by atoms with E-state index in [-0.39, 0.29) is 17.6 Å². The number of carboxylic acids is 1. The first-order valence-corrected chi connectivity index (χ1v) is 7.92. The number of hydrogen-bond donors (Lipinski definition) is 3. The van der Waals surface area contributed by atoms with Crippen molar-refractivity contribution < 1.29 is 14.7 Å². The molecule has 2 aromatic rings. The van der Waals surface area contributed by atoms with Gasteiger partial charge in [-0.3, -0.25) is 0 Å². The zero-order valence-electron chi connectivity index (χ0n) is 13.9. The van der Waals surface area contributed by atoms with Gasteiger partial charge in [0.2, 0.25) is 0 Å². The molecule has 0 heterocycles. The summed E-state index contributed by atoms with van der Waals surface area (Å²) in [6.45, 7) is 4.39. The molecule has 1 atom stereocenters. The molecule has 0 saturated carbocycles. The van der Waals surface area contributed by atoms with E-state index in [2.05, 4.69) is 10.6 Å². The van der Waals surface area contributed by atoms with E-state index < -0.39 is 5.97 Å². The zero-order chi connectivity index (χ0) is 17.5. The number of rotatable bonds is 6. The van der Waals surface area contributed by atoms with Crippen molar-refractivity contribution in [1.29, 1.82) is 0 Å². The second kappa shape index (κ2) is 8.15. The van der Waals surface area contributed by atoms with Crippen LogP contribution in [0.15, 0.2) is 48.5 Å². The second-order valence-electron chi connectivity index (χ2n) is 5.70. The highest BCUT2D eigenvalue weighted by atomic mass is 16.4. The number of amides is 2. The molecule has 2 amide bonds. The minimum atomic E-state index is -0.962. The highest BCUT2D eigenvalue weighted by molar-refractivity contribution is 5.87. The van der Waals surface area contributed by atoms with E-state index in [0.29, 0.717) is 6.54 Å². The molecule has 3 N–H and O–H groups in total. The fraction of sp³-hybridized carbons (Fsp3) is 0.263. The van der Waals surface area contributed by atoms with Crippen LogP contribution in [0.4, 0.5) is 4.79 Å². The number of urea groups is 1. The molecule has 5 heteroatoms. The normalized spacial score (nSPS) is 11.6. The molecule has 0 aliphatic rings. The smallest absolute Gasteiger partial charge is 0.335 e. The maximum absolute atomic E-state index is 12.1. The van der Waals surface area contributed by atoms with Gasteiger partial charge in [-0.15, -0.1) is 0 Å². The van der Waals surface area contributed by atoms with Gasteiger partial charge < -0.3 is 15.7 Å². The van der Waals surface area contributed by atoms with Gasteiger partial charge in [-0.25, -0.2) is 9.59 Å². The molecule has 0 saturated heterocycles. The third-order valence-corrected chi connectivity index (χ3v) is 3.85. The van der Waals surface area contributed by atoms with Crippen LogP contribution in [0.2, 0.25) is 0 Å². The van der Waals surface area contributed by atoms with Gasteiger partial charge in [-0.2, -0.15) is 0 Å². The highest BCUT2D eigenvalue weighted by Crippen LogP contribution is 2.17. The summed E-state index contributed by atoms with van der Waals surface area (Å²) in [5.41, 5.74) is 3.33. The molecule has 0 fully saturated rings. The van der Waals surface area contributed by atoms with Gasteiger partial charge in [0.15, 0.2) is 0 Å². The van der Waals surface area contributed by atoms with Crippen molar-refractivity contribution in [3.63, 3.8) is 0 Å². The Morgan fingerprint density at radius 1 is 1.04 bits per heavy atom. The fourth-order valence-corrected chi connectivity index (χ4v) is 2.38. The van der Waals surface area contributed by atoms with Crippen molar-refractivity contribution in [3.05, 3.63) is 70.8 Å². The number of nitrogens with one attached hydrogen (secondary N) is 2. The second-order valence-corrected chi connectivity index (χ2v) is 5.70. The van der Waals surface area contributed by atoms with E-state index in [1.165, 1.54) is 17.7 Å². The van der Waals surface area contributed by atoms with Gasteiger partial charge in [0.05, 0.1) is 11.6 Å². The molecule has 2 aromatic carbocycles. The third kappa shape index (κ3) is 4.84. The number of benzene rings is 2. The van der Waals surface area contributed by atoms with E-state index in [1.807, 2.05) is 38.1 Å². The molecule has 0 aliphatic carbocycles. The molecule has 0 aromatic heterocycles. The number of aromatic carboxylic acids is 1. The monoisotopic (exact) mass is 326 g/mol. The van der Waals surface area contributed by atoms with Gasteiger partial charge in [-0.1, -0.05) is 48.9 Å². The lowest BCUT2D eigenvalue weighted by Gasteiger charge is -2.18. The Bertz CT molecular complexity index is 694. The van der Waals surface area contributed by atoms with Gasteiger partial charge in [0, 0.05) is 6.54 Å². The number of carbonyl (C=O) groups excluding carboxylic acids is 1. The van der Waals surface area contributed by atoms with E-state index in [4.69, 9.17) is 5.11 Å². The third-order valence-electron chi connectivity index (χ3n) is 3.85. The number of carboxylic acid groups (broad SMARTS) is 1. The minimum Gasteiger partial charge on any atom is -0.478 e. The molecular weight excluding hydrogens is 304 g/mol. The predicted octanol–water partition coefficient (Wildman–Crippen LogP) is 3.64. The number of aryl methyl sites for hydroxylation is 1. The molecule has 5 nitrogen and oxygen atoms in total. The van der Waals surface area contributed by atoms with Crippen molar-refractivity contribution in [3.8, 4) is 0 Å². The summed E-state index contributed by atoms with van der Waals surface area (Å²) in [5.74, 6) is -0.962. The van der Waals surface area contributed by atoms with Crippen molar-refractivity contribution in [1.82, 2.24) is 10.6 Å². The van der Waals surface area contributed by atoms with E-state index in [0.717, 1.165) is 17.5 Å². The van der Waals surface area contributed by atoms with Crippen LogP contribution in [0.3, 0.4) is 0 Å². The summed E-state index contributed by atoms with van der Waals surface area (Å²) in [7, 11) is 0. The first-order chi connectivity index (χ1) is 11.5. The summed E-state index contributed by atoms with van der Waals surface area (Å²) in [6.07, 6.45) is 0.795. The molecule has 1 unspecified atom stereocenters. The van der Waals surface area contributed by atoms with Crippen molar-refractivity contribution in [2.24, 2.45) is 0 Å². The average molecular weight is 326 g/mol. The zero-order valence-corrected chi connectivity index (χ0v) is 13.9. The van der Waals surface area contributed by atoms with Crippen LogP contribution < -0.4 is 10.6 Å². The minimum absolute atomic E-state index is 0.0417. The van der Waals surface area contributed by atoms with Gasteiger partial charge >= 0.3 is 12.0 Å². The van der Waals surface area contributed by atoms with E-state index >= 15 is 0 Å². The first kappa shape index (κ1) is 17.5. The predicted molar refractivity (Wildman–Crippen MR) is 93.0 cm³/mol. The topological polar surface area (TPSA) is 78.4 Å². The quantitative estimate of drug-likeness (QED) is 0.758. The first-order valence-electron chi connectivity index (χ1n) is 7.92. The van der Waals surface area contributed by atoms with Crippen molar-refractivity contribution >= 4 is 12.0 Å². The van der Waals surface area contributed by atoms with Crippen LogP contribution in [0, 0.1) is 6.92 Å². The van der Waals surface area contributed by atoms with Crippen LogP contribution in [-0.4, -0.2) is 17.1 Å². The Morgan fingerprint density at radius 2 is 1.67 bits per heavy atom. The Labute approximate surface area is 141 Å². The van der Waals surface area contributed by atoms with Gasteiger partial charge in [0.25, 0.3) is 0 Å². The summed E-state index contributed by atoms with van der Waals surface area (Å²) in [5, 5.41) is 14.6. The average Bonchev–Trinajstić information content (AvgIpc) is 2.59. The molecule has 0 aliphatic heterocycles. The van der Waals surface area contributed by atoms with Gasteiger partial charge in [0.1, 0.15) is 0 Å². The number of carbonyl (C=O) groups is 2. The van der Waals surface area contributed by atoms with E-state index in [9.17, 15) is 9.59 Å². The van der Waals surface area contributed by atoms with Crippen LogP contribution in [-0.2, 0) is 6.54 Å². The van der Waals surface area contributed by atoms with Crippen LogP contribution in [0.5, 0.6) is 0 Å². The van der Waals surface area contributed by atoms with E-state index in [1.54, 1.807) is 12.1 Å². The maximum atomic E-state index is 12.1. The largest absolute Gasteiger partial charge is 0.478 e. The Balaban J connectivity index is 1.89. The summed E-state index contributed by atoms with van der Waals surface area (Å²) in [4.78, 5) is 22.9. The standard InChI is InChI=1S/C19H22N2O3/c1-3-17(15-8-4-13(2)5-9-15)21-19(24)20-12-14-6-10-16(11-7-14)18(22)23/h4-11,17H,3,12H2,1-2H3,(H,22,23)(H2,20,21,24). The Morgan fingerprint density at radius 3 is 2.21 bits per heavy atom. The molecule has 2 rings (SSSR count). The summed E-state index contributed by atoms with van der Waals surface area (Å²) >= 11 is 0. The number of hydrogen-bond acceptors (Lipinski definition) is 2. The molecule has 126 valence electrons. The van der Waals surface area contributed by atoms with Crippen molar-refractivity contribution in [2.45, 2.75) is 32.9 Å². The van der Waals surface area contributed by atoms with Crippen LogP contribution in [0.25, 0.3) is 0 Å². The molecule has 0 spiro atoms. The SMILES string of the molecule is CCC(NC(=O)NCc1ccc(C(=O)O)cc1)c1ccc(C)cc1. The molecule has 0 radical (unpaired) electrons. The lowest BCUT2D eigenvalue weighted by atomic mass is 10.0. The fourth-order valence-electron chi connectivity index (χ4n) is 2.38. The highest BCUT2D eigenvalue weighted by Gasteiger charge is 2.12. The summed E-state index contributed by atoms with van der Waals surface area (Å²) < 4.78 is 0. The lowest BCUT2D eigenvalue weighted by molar-refractivity contribution is 0.0697. The Hall–Kier alpha value is -2.82. The molecule has 24 heavy (non-hydrogen) atoms. The van der Waals surface area contributed by atoms with Crippen molar-refractivity contribution in [2.75, 3.05) is 0 Å². The summed E-state index contributed by atoms with van der Waals surface area (Å²) in [6, 6.07) is 14.3. The van der Waals surface area contributed by atoms with Crippen LogP contribution in [0.1, 0.15) is 46.4 Å². The van der Waals surface area contributed by atoms with Gasteiger partial charge in [-0.05, 0) is 36.6 Å². The molecule has 0 bridgehead atoms. The van der Waals surface area contributed by atoms with Crippen LogP contribution >= 0.6 is 0 Å². The Kier molecular flexibility index (Phi) is 5.95. The molecular formula is C19H22N2O3. The lowest BCUT2D eigenvalue weighted by Crippen LogP contribution is -2.37. The maximum Gasteiger partial charge on any atom is 0.335 e.